The van der Waals surface area contributed by atoms with Crippen LogP contribution in [0.1, 0.15) is 96.5 Å². The van der Waals surface area contributed by atoms with Crippen molar-refractivity contribution in [1.29, 1.82) is 0 Å². The van der Waals surface area contributed by atoms with Gasteiger partial charge in [0.1, 0.15) is 0 Å². The molecule has 2 aliphatic carbocycles. The molecule has 0 atom stereocenters. The van der Waals surface area contributed by atoms with Crippen LogP contribution in [0, 0.1) is 20.2 Å². The summed E-state index contributed by atoms with van der Waals surface area (Å²) in [5.41, 5.74) is 5.33. The SMILES string of the molecule is C/C=C\C(=C(/CC)[N+](=O)[O-])c1cc(-c2ccccc2[N+](=O)[O-])c2c(c1)-c1cc3c(cc1C2(C)C)C(=O)c1ccccc1C3=O.CC. The quantitative estimate of drug-likeness (QED) is 0.107. The number of nitrogens with zero attached hydrogens (tertiary/aromatic N) is 2. The molecule has 0 fully saturated rings. The van der Waals surface area contributed by atoms with Gasteiger partial charge in [0, 0.05) is 40.2 Å². The fraction of sp³-hybridized carbons (Fsp3) is 0.211. The van der Waals surface area contributed by atoms with E-state index in [-0.39, 0.29) is 34.9 Å². The van der Waals surface area contributed by atoms with Gasteiger partial charge >= 0.3 is 0 Å². The number of nitro groups is 2. The molecule has 8 nitrogen and oxygen atoms in total. The van der Waals surface area contributed by atoms with Gasteiger partial charge in [-0.2, -0.15) is 0 Å². The molecular weight excluding hydrogens is 580 g/mol. The summed E-state index contributed by atoms with van der Waals surface area (Å²) < 4.78 is 0. The summed E-state index contributed by atoms with van der Waals surface area (Å²) in [6.45, 7) is 11.5. The predicted molar refractivity (Wildman–Crippen MR) is 180 cm³/mol. The third-order valence-electron chi connectivity index (χ3n) is 8.69. The zero-order chi connectivity index (χ0) is 33.5. The molecule has 4 aromatic carbocycles. The van der Waals surface area contributed by atoms with E-state index in [4.69, 9.17) is 0 Å². The van der Waals surface area contributed by atoms with Crippen LogP contribution in [0.5, 0.6) is 0 Å². The van der Waals surface area contributed by atoms with Gasteiger partial charge < -0.3 is 0 Å². The van der Waals surface area contributed by atoms with Crippen LogP contribution < -0.4 is 0 Å². The Balaban J connectivity index is 0.00000204. The number of fused-ring (bicyclic) bond motifs is 5. The number of hydrogen-bond acceptors (Lipinski definition) is 6. The molecule has 232 valence electrons. The molecule has 6 rings (SSSR count). The van der Waals surface area contributed by atoms with Crippen LogP contribution in [0.25, 0.3) is 27.8 Å². The Hall–Kier alpha value is -5.50. The zero-order valence-electron chi connectivity index (χ0n) is 26.6. The van der Waals surface area contributed by atoms with E-state index in [1.54, 1.807) is 86.7 Å². The molecule has 0 aliphatic heterocycles. The molecule has 0 bridgehead atoms. The summed E-state index contributed by atoms with van der Waals surface area (Å²) in [6, 6.07) is 20.4. The van der Waals surface area contributed by atoms with E-state index in [0.717, 1.165) is 11.1 Å². The van der Waals surface area contributed by atoms with Crippen LogP contribution in [-0.4, -0.2) is 21.4 Å². The van der Waals surface area contributed by atoms with Gasteiger partial charge in [-0.25, -0.2) is 0 Å². The Labute approximate surface area is 267 Å². The van der Waals surface area contributed by atoms with E-state index < -0.39 is 15.3 Å². The van der Waals surface area contributed by atoms with Crippen LogP contribution in [0.2, 0.25) is 0 Å². The van der Waals surface area contributed by atoms with Crippen LogP contribution in [0.15, 0.2) is 90.6 Å². The Morgan fingerprint density at radius 3 is 1.78 bits per heavy atom. The topological polar surface area (TPSA) is 120 Å². The van der Waals surface area contributed by atoms with Crippen molar-refractivity contribution in [2.75, 3.05) is 0 Å². The van der Waals surface area contributed by atoms with Gasteiger partial charge in [0.15, 0.2) is 11.6 Å². The molecule has 46 heavy (non-hydrogen) atoms. The number of ketones is 2. The molecule has 0 N–H and O–H groups in total. The van der Waals surface area contributed by atoms with Crippen molar-refractivity contribution in [2.24, 2.45) is 0 Å². The summed E-state index contributed by atoms with van der Waals surface area (Å²) in [7, 11) is 0. The fourth-order valence-corrected chi connectivity index (χ4v) is 6.72. The van der Waals surface area contributed by atoms with Gasteiger partial charge in [-0.05, 0) is 70.6 Å². The molecule has 0 heterocycles. The molecule has 0 amide bonds. The Morgan fingerprint density at radius 1 is 0.739 bits per heavy atom. The molecule has 0 aromatic heterocycles. The molecule has 0 spiro atoms. The van der Waals surface area contributed by atoms with Gasteiger partial charge in [0.2, 0.25) is 0 Å². The summed E-state index contributed by atoms with van der Waals surface area (Å²) >= 11 is 0. The number of carbonyl (C=O) groups is 2. The van der Waals surface area contributed by atoms with Crippen molar-refractivity contribution in [1.82, 2.24) is 0 Å². The monoisotopic (exact) mass is 614 g/mol. The maximum Gasteiger partial charge on any atom is 0.277 e. The van der Waals surface area contributed by atoms with E-state index in [1.807, 2.05) is 33.8 Å². The van der Waals surface area contributed by atoms with Gasteiger partial charge in [0.25, 0.3) is 11.4 Å². The third-order valence-corrected chi connectivity index (χ3v) is 8.69. The number of carbonyl (C=O) groups excluding carboxylic acids is 2. The lowest BCUT2D eigenvalue weighted by molar-refractivity contribution is -0.426. The maximum absolute atomic E-state index is 13.7. The molecule has 4 aromatic rings. The molecular formula is C38H34N2O6. The maximum atomic E-state index is 13.7. The number of rotatable bonds is 6. The molecule has 0 saturated heterocycles. The summed E-state index contributed by atoms with van der Waals surface area (Å²) in [4.78, 5) is 50.8. The highest BCUT2D eigenvalue weighted by molar-refractivity contribution is 6.29. The molecule has 2 aliphatic rings. The van der Waals surface area contributed by atoms with Gasteiger partial charge in [-0.3, -0.25) is 29.8 Å². The van der Waals surface area contributed by atoms with E-state index in [0.29, 0.717) is 50.1 Å². The standard InChI is InChI=1S/C36H28N2O6.C2H6/c1-5-11-21(31(6-2)37(41)42)20-16-26(22-12-9-10-15-32(22)38(43)44)33-27(17-20)25-18-28-29(19-30(25)36(33,3)4)35(40)24-14-8-7-13-23(24)34(28)39;1-2/h5,7-19H,6H2,1-4H3;1-2H3/b11-5-,31-21-;. The normalized spacial score (nSPS) is 14.4. The second-order valence-electron chi connectivity index (χ2n) is 11.5. The Bertz CT molecular complexity index is 2030. The van der Waals surface area contributed by atoms with Gasteiger partial charge in [-0.15, -0.1) is 0 Å². The third kappa shape index (κ3) is 4.86. The summed E-state index contributed by atoms with van der Waals surface area (Å²) in [5.74, 6) is -0.489. The summed E-state index contributed by atoms with van der Waals surface area (Å²) in [5, 5.41) is 24.4. The van der Waals surface area contributed by atoms with Crippen molar-refractivity contribution in [3.63, 3.8) is 0 Å². The minimum Gasteiger partial charge on any atom is -0.289 e. The van der Waals surface area contributed by atoms with Crippen molar-refractivity contribution in [2.45, 2.75) is 53.4 Å². The van der Waals surface area contributed by atoms with Crippen LogP contribution >= 0.6 is 0 Å². The first-order chi connectivity index (χ1) is 22.0. The number of benzene rings is 4. The first-order valence-corrected chi connectivity index (χ1v) is 15.3. The minimum atomic E-state index is -0.737. The van der Waals surface area contributed by atoms with Crippen molar-refractivity contribution >= 4 is 22.8 Å². The van der Waals surface area contributed by atoms with Crippen LogP contribution in [-0.2, 0) is 5.41 Å². The highest BCUT2D eigenvalue weighted by Gasteiger charge is 2.42. The lowest BCUT2D eigenvalue weighted by atomic mass is 9.76. The fourth-order valence-electron chi connectivity index (χ4n) is 6.72. The Kier molecular flexibility index (Phi) is 8.41. The lowest BCUT2D eigenvalue weighted by Gasteiger charge is -2.26. The number of allylic oxidation sites excluding steroid dienone is 4. The Morgan fingerprint density at radius 2 is 1.26 bits per heavy atom. The second kappa shape index (κ2) is 12.1. The molecule has 0 saturated carbocycles. The number of hydrogen-bond donors (Lipinski definition) is 0. The highest BCUT2D eigenvalue weighted by Crippen LogP contribution is 2.55. The van der Waals surface area contributed by atoms with Gasteiger partial charge in [0.05, 0.1) is 21.0 Å². The van der Waals surface area contributed by atoms with Gasteiger partial charge in [-0.1, -0.05) is 83.2 Å². The van der Waals surface area contributed by atoms with Crippen LogP contribution in [0.3, 0.4) is 0 Å². The summed E-state index contributed by atoms with van der Waals surface area (Å²) in [6.07, 6.45) is 3.57. The average Bonchev–Trinajstić information content (AvgIpc) is 3.28. The van der Waals surface area contributed by atoms with E-state index >= 15 is 0 Å². The molecule has 8 heteroatoms. The van der Waals surface area contributed by atoms with Crippen molar-refractivity contribution < 1.29 is 19.4 Å². The largest absolute Gasteiger partial charge is 0.289 e. The van der Waals surface area contributed by atoms with Crippen molar-refractivity contribution in [3.05, 3.63) is 150 Å². The minimum absolute atomic E-state index is 0.0110. The van der Waals surface area contributed by atoms with E-state index in [2.05, 4.69) is 0 Å². The number of para-hydroxylation sites is 1. The number of nitro benzene ring substituents is 1. The highest BCUT2D eigenvalue weighted by atomic mass is 16.6. The van der Waals surface area contributed by atoms with E-state index in [1.165, 1.54) is 6.07 Å². The predicted octanol–water partition coefficient (Wildman–Crippen LogP) is 9.34. The first-order valence-electron chi connectivity index (χ1n) is 15.3. The van der Waals surface area contributed by atoms with Crippen LogP contribution in [0.4, 0.5) is 5.69 Å². The average molecular weight is 615 g/mol. The molecule has 0 radical (unpaired) electrons. The van der Waals surface area contributed by atoms with Crippen molar-refractivity contribution in [3.8, 4) is 22.3 Å². The second-order valence-corrected chi connectivity index (χ2v) is 11.5. The molecule has 0 unspecified atom stereocenters. The lowest BCUT2D eigenvalue weighted by Crippen LogP contribution is -2.23. The zero-order valence-corrected chi connectivity index (χ0v) is 26.6. The smallest absolute Gasteiger partial charge is 0.277 e. The first kappa shape index (κ1) is 31.9. The van der Waals surface area contributed by atoms with E-state index in [9.17, 15) is 29.8 Å².